The molecule has 0 heterocycles. The van der Waals surface area contributed by atoms with Gasteiger partial charge in [-0.15, -0.1) is 0 Å². The van der Waals surface area contributed by atoms with Crippen LogP contribution in [-0.2, 0) is 14.3 Å². The van der Waals surface area contributed by atoms with Crippen LogP contribution in [0.5, 0.6) is 0 Å². The molecule has 110 valence electrons. The van der Waals surface area contributed by atoms with Gasteiger partial charge in [-0.3, -0.25) is 9.59 Å². The van der Waals surface area contributed by atoms with Crippen LogP contribution in [0.25, 0.3) is 0 Å². The molecule has 0 aliphatic heterocycles. The fourth-order valence-electron chi connectivity index (χ4n) is 1.43. The highest BCUT2D eigenvalue weighted by Gasteiger charge is 2.17. The summed E-state index contributed by atoms with van der Waals surface area (Å²) in [4.78, 5) is 23.2. The van der Waals surface area contributed by atoms with E-state index in [1.807, 2.05) is 0 Å². The first-order valence-electron chi connectivity index (χ1n) is 6.15. The number of anilines is 1. The van der Waals surface area contributed by atoms with E-state index in [0.29, 0.717) is 15.7 Å². The minimum Gasteiger partial charge on any atom is -0.460 e. The summed E-state index contributed by atoms with van der Waals surface area (Å²) in [5.74, 6) is -0.760. The van der Waals surface area contributed by atoms with E-state index in [1.54, 1.807) is 39.0 Å². The molecule has 0 unspecified atom stereocenters. The molecule has 0 saturated carbocycles. The number of halogens is 2. The zero-order chi connectivity index (χ0) is 15.3. The lowest BCUT2D eigenvalue weighted by Crippen LogP contribution is -2.24. The number of hydrogen-bond donors (Lipinski definition) is 1. The molecule has 0 saturated heterocycles. The number of hydrogen-bond acceptors (Lipinski definition) is 3. The highest BCUT2D eigenvalue weighted by Crippen LogP contribution is 2.29. The standard InChI is InChI=1S/C14H17Cl2NO3/c1-14(2,3)20-12(19)8-7-11(18)17-13-9(15)5-4-6-10(13)16/h4-6H,7-8H2,1-3H3,(H,17,18). The van der Waals surface area contributed by atoms with Crippen LogP contribution in [0.2, 0.25) is 10.0 Å². The molecular formula is C14H17Cl2NO3. The second-order valence-electron chi connectivity index (χ2n) is 5.23. The van der Waals surface area contributed by atoms with Crippen molar-refractivity contribution in [2.45, 2.75) is 39.2 Å². The van der Waals surface area contributed by atoms with E-state index in [0.717, 1.165) is 0 Å². The van der Waals surface area contributed by atoms with Gasteiger partial charge in [0.25, 0.3) is 0 Å². The molecule has 20 heavy (non-hydrogen) atoms. The van der Waals surface area contributed by atoms with Crippen molar-refractivity contribution in [3.63, 3.8) is 0 Å². The van der Waals surface area contributed by atoms with Crippen LogP contribution in [0, 0.1) is 0 Å². The van der Waals surface area contributed by atoms with E-state index in [4.69, 9.17) is 27.9 Å². The van der Waals surface area contributed by atoms with Crippen molar-refractivity contribution in [2.75, 3.05) is 5.32 Å². The zero-order valence-corrected chi connectivity index (χ0v) is 13.1. The molecule has 1 amide bonds. The topological polar surface area (TPSA) is 55.4 Å². The summed E-state index contributed by atoms with van der Waals surface area (Å²) in [6.07, 6.45) is 0.0155. The Balaban J connectivity index is 2.51. The molecular weight excluding hydrogens is 301 g/mol. The van der Waals surface area contributed by atoms with Gasteiger partial charge in [0.1, 0.15) is 5.60 Å². The first-order chi connectivity index (χ1) is 9.19. The maximum Gasteiger partial charge on any atom is 0.306 e. The SMILES string of the molecule is CC(C)(C)OC(=O)CCC(=O)Nc1c(Cl)cccc1Cl. The number of ether oxygens (including phenoxy) is 1. The van der Waals surface area contributed by atoms with E-state index in [-0.39, 0.29) is 18.7 Å². The Morgan fingerprint density at radius 2 is 1.70 bits per heavy atom. The monoisotopic (exact) mass is 317 g/mol. The van der Waals surface area contributed by atoms with Gasteiger partial charge in [0.05, 0.1) is 22.2 Å². The molecule has 0 aliphatic carbocycles. The molecule has 0 aliphatic rings. The van der Waals surface area contributed by atoms with Gasteiger partial charge in [-0.1, -0.05) is 29.3 Å². The number of esters is 1. The number of benzene rings is 1. The summed E-state index contributed by atoms with van der Waals surface area (Å²) in [6, 6.07) is 4.93. The Labute approximate surface area is 128 Å². The van der Waals surface area contributed by atoms with Crippen LogP contribution in [0.15, 0.2) is 18.2 Å². The number of carbonyl (C=O) groups excluding carboxylic acids is 2. The molecule has 0 radical (unpaired) electrons. The summed E-state index contributed by atoms with van der Waals surface area (Å²) in [5.41, 5.74) is -0.204. The van der Waals surface area contributed by atoms with Gasteiger partial charge in [0.15, 0.2) is 0 Å². The average molecular weight is 318 g/mol. The number of rotatable bonds is 4. The lowest BCUT2D eigenvalue weighted by atomic mass is 10.2. The van der Waals surface area contributed by atoms with Crippen LogP contribution in [-0.4, -0.2) is 17.5 Å². The number of nitrogens with one attached hydrogen (secondary N) is 1. The molecule has 0 bridgehead atoms. The van der Waals surface area contributed by atoms with Crippen molar-refractivity contribution in [1.29, 1.82) is 0 Å². The predicted molar refractivity (Wildman–Crippen MR) is 80.2 cm³/mol. The van der Waals surface area contributed by atoms with Crippen LogP contribution in [0.1, 0.15) is 33.6 Å². The quantitative estimate of drug-likeness (QED) is 0.852. The molecule has 1 aromatic carbocycles. The van der Waals surface area contributed by atoms with Crippen molar-refractivity contribution >= 4 is 40.8 Å². The van der Waals surface area contributed by atoms with Gasteiger partial charge >= 0.3 is 5.97 Å². The summed E-state index contributed by atoms with van der Waals surface area (Å²) in [7, 11) is 0. The molecule has 6 heteroatoms. The van der Waals surface area contributed by atoms with Crippen LogP contribution in [0.4, 0.5) is 5.69 Å². The minimum atomic E-state index is -0.556. The molecule has 1 N–H and O–H groups in total. The summed E-state index contributed by atoms with van der Waals surface area (Å²) in [5, 5.41) is 3.29. The maximum absolute atomic E-state index is 11.8. The van der Waals surface area contributed by atoms with Gasteiger partial charge < -0.3 is 10.1 Å². The average Bonchev–Trinajstić information content (AvgIpc) is 2.29. The van der Waals surface area contributed by atoms with Gasteiger partial charge in [-0.05, 0) is 32.9 Å². The number of carbonyl (C=O) groups is 2. The van der Waals surface area contributed by atoms with Crippen molar-refractivity contribution in [3.8, 4) is 0 Å². The smallest absolute Gasteiger partial charge is 0.306 e. The Morgan fingerprint density at radius 1 is 1.15 bits per heavy atom. The summed E-state index contributed by atoms with van der Waals surface area (Å²) in [6.45, 7) is 5.32. The Bertz CT molecular complexity index is 489. The largest absolute Gasteiger partial charge is 0.460 e. The highest BCUT2D eigenvalue weighted by atomic mass is 35.5. The second-order valence-corrected chi connectivity index (χ2v) is 6.05. The fraction of sp³-hybridized carbons (Fsp3) is 0.429. The van der Waals surface area contributed by atoms with E-state index >= 15 is 0 Å². The lowest BCUT2D eigenvalue weighted by molar-refractivity contribution is -0.155. The third-order valence-corrected chi connectivity index (χ3v) is 2.83. The molecule has 0 fully saturated rings. The Morgan fingerprint density at radius 3 is 2.20 bits per heavy atom. The molecule has 0 atom stereocenters. The number of amides is 1. The molecule has 4 nitrogen and oxygen atoms in total. The van der Waals surface area contributed by atoms with Crippen molar-refractivity contribution in [3.05, 3.63) is 28.2 Å². The molecule has 0 spiro atoms. The first-order valence-corrected chi connectivity index (χ1v) is 6.90. The fourth-order valence-corrected chi connectivity index (χ4v) is 1.92. The maximum atomic E-state index is 11.8. The summed E-state index contributed by atoms with van der Waals surface area (Å²) < 4.78 is 5.11. The minimum absolute atomic E-state index is 0.00513. The van der Waals surface area contributed by atoms with Crippen molar-refractivity contribution in [2.24, 2.45) is 0 Å². The van der Waals surface area contributed by atoms with Gasteiger partial charge in [-0.2, -0.15) is 0 Å². The van der Waals surface area contributed by atoms with Crippen LogP contribution < -0.4 is 5.32 Å². The second kappa shape index (κ2) is 6.95. The van der Waals surface area contributed by atoms with Gasteiger partial charge in [0.2, 0.25) is 5.91 Å². The van der Waals surface area contributed by atoms with E-state index in [1.165, 1.54) is 0 Å². The van der Waals surface area contributed by atoms with Gasteiger partial charge in [-0.25, -0.2) is 0 Å². The van der Waals surface area contributed by atoms with Crippen LogP contribution in [0.3, 0.4) is 0 Å². The highest BCUT2D eigenvalue weighted by molar-refractivity contribution is 6.39. The van der Waals surface area contributed by atoms with E-state index in [9.17, 15) is 9.59 Å². The van der Waals surface area contributed by atoms with Gasteiger partial charge in [0, 0.05) is 6.42 Å². The normalized spacial score (nSPS) is 11.1. The Kier molecular flexibility index (Phi) is 5.84. The third kappa shape index (κ3) is 5.80. The van der Waals surface area contributed by atoms with Crippen LogP contribution >= 0.6 is 23.2 Å². The molecule has 1 rings (SSSR count). The number of para-hydroxylation sites is 1. The van der Waals surface area contributed by atoms with Crippen molar-refractivity contribution < 1.29 is 14.3 Å². The lowest BCUT2D eigenvalue weighted by Gasteiger charge is -2.19. The van der Waals surface area contributed by atoms with Crippen molar-refractivity contribution in [1.82, 2.24) is 0 Å². The molecule has 0 aromatic heterocycles. The third-order valence-electron chi connectivity index (χ3n) is 2.20. The molecule has 1 aromatic rings. The zero-order valence-electron chi connectivity index (χ0n) is 11.6. The Hall–Kier alpha value is -1.26. The summed E-state index contributed by atoms with van der Waals surface area (Å²) >= 11 is 11.9. The van der Waals surface area contributed by atoms with E-state index in [2.05, 4.69) is 5.32 Å². The predicted octanol–water partition coefficient (Wildman–Crippen LogP) is 4.05. The first kappa shape index (κ1) is 16.8. The van der Waals surface area contributed by atoms with E-state index < -0.39 is 11.6 Å².